The Morgan fingerprint density at radius 1 is 1.17 bits per heavy atom. The largest absolute Gasteiger partial charge is 0.323 e. The van der Waals surface area contributed by atoms with Crippen LogP contribution < -0.4 is 10.2 Å². The lowest BCUT2D eigenvalue weighted by Crippen LogP contribution is -2.25. The number of hydrogen-bond donors (Lipinski definition) is 1. The van der Waals surface area contributed by atoms with E-state index in [0.717, 1.165) is 22.4 Å². The van der Waals surface area contributed by atoms with Crippen LogP contribution in [0.15, 0.2) is 59.2 Å². The van der Waals surface area contributed by atoms with Crippen LogP contribution in [0, 0.1) is 0 Å². The fourth-order valence-corrected chi connectivity index (χ4v) is 3.47. The molecule has 120 valence electrons. The fourth-order valence-electron chi connectivity index (χ4n) is 3.07. The van der Waals surface area contributed by atoms with Crippen molar-refractivity contribution in [1.29, 1.82) is 0 Å². The molecule has 0 aliphatic carbocycles. The molecule has 0 bridgehead atoms. The number of aromatic nitrogens is 3. The molecule has 0 radical (unpaired) electrons. The van der Waals surface area contributed by atoms with Gasteiger partial charge in [0.2, 0.25) is 5.95 Å². The van der Waals surface area contributed by atoms with Gasteiger partial charge in [-0.15, -0.1) is 5.10 Å². The van der Waals surface area contributed by atoms with E-state index in [1.54, 1.807) is 6.20 Å². The number of fused-ring (bicyclic) bond motifs is 1. The van der Waals surface area contributed by atoms with Gasteiger partial charge in [-0.2, -0.15) is 10.1 Å². The SMILES string of the molecule is CC1Cc2ccccc2N1c1cnnc(Nc2cccc(Br)c2)n1. The second kappa shape index (κ2) is 6.20. The quantitative estimate of drug-likeness (QED) is 0.725. The first-order chi connectivity index (χ1) is 11.7. The van der Waals surface area contributed by atoms with Crippen LogP contribution >= 0.6 is 15.9 Å². The third-order valence-corrected chi connectivity index (χ3v) is 4.57. The zero-order valence-electron chi connectivity index (χ0n) is 13.1. The molecule has 1 unspecified atom stereocenters. The number of rotatable bonds is 3. The van der Waals surface area contributed by atoms with Crippen molar-refractivity contribution >= 4 is 39.1 Å². The number of benzene rings is 2. The second-order valence-electron chi connectivity index (χ2n) is 5.83. The maximum Gasteiger partial charge on any atom is 0.249 e. The van der Waals surface area contributed by atoms with E-state index in [1.807, 2.05) is 24.3 Å². The van der Waals surface area contributed by atoms with E-state index in [1.165, 1.54) is 11.3 Å². The third kappa shape index (κ3) is 2.85. The molecule has 3 aromatic rings. The summed E-state index contributed by atoms with van der Waals surface area (Å²) in [6.45, 7) is 2.20. The van der Waals surface area contributed by atoms with Crippen LogP contribution in [0.25, 0.3) is 0 Å². The standard InChI is InChI=1S/C18H16BrN5/c1-12-9-13-5-2-3-8-16(13)24(12)17-11-20-23-18(22-17)21-15-7-4-6-14(19)10-15/h2-8,10-12H,9H2,1H3,(H,21,22,23). The maximum atomic E-state index is 4.65. The van der Waals surface area contributed by atoms with Crippen LogP contribution in [-0.2, 0) is 6.42 Å². The summed E-state index contributed by atoms with van der Waals surface area (Å²) in [6, 6.07) is 16.7. The van der Waals surface area contributed by atoms with Crippen molar-refractivity contribution < 1.29 is 0 Å². The highest BCUT2D eigenvalue weighted by atomic mass is 79.9. The van der Waals surface area contributed by atoms with Gasteiger partial charge < -0.3 is 10.2 Å². The van der Waals surface area contributed by atoms with Gasteiger partial charge in [0.25, 0.3) is 0 Å². The first-order valence-electron chi connectivity index (χ1n) is 7.80. The normalized spacial score (nSPS) is 16.1. The average Bonchev–Trinajstić information content (AvgIpc) is 2.91. The van der Waals surface area contributed by atoms with Crippen LogP contribution in [0.4, 0.5) is 23.1 Å². The van der Waals surface area contributed by atoms with Gasteiger partial charge in [0.1, 0.15) is 0 Å². The highest BCUT2D eigenvalue weighted by Gasteiger charge is 2.28. The molecular weight excluding hydrogens is 366 g/mol. The molecule has 4 rings (SSSR count). The minimum Gasteiger partial charge on any atom is -0.323 e. The number of hydrogen-bond acceptors (Lipinski definition) is 5. The van der Waals surface area contributed by atoms with Crippen molar-refractivity contribution in [2.24, 2.45) is 0 Å². The topological polar surface area (TPSA) is 53.9 Å². The van der Waals surface area contributed by atoms with E-state index in [0.29, 0.717) is 12.0 Å². The molecule has 0 spiro atoms. The Morgan fingerprint density at radius 2 is 2.04 bits per heavy atom. The monoisotopic (exact) mass is 381 g/mol. The molecule has 5 nitrogen and oxygen atoms in total. The predicted octanol–water partition coefficient (Wildman–Crippen LogP) is 4.46. The molecule has 0 saturated carbocycles. The fraction of sp³-hybridized carbons (Fsp3) is 0.167. The van der Waals surface area contributed by atoms with Crippen molar-refractivity contribution in [3.05, 3.63) is 64.8 Å². The van der Waals surface area contributed by atoms with Crippen LogP contribution in [0.2, 0.25) is 0 Å². The number of anilines is 4. The van der Waals surface area contributed by atoms with Gasteiger partial charge in [-0.25, -0.2) is 0 Å². The Labute approximate surface area is 148 Å². The summed E-state index contributed by atoms with van der Waals surface area (Å²) in [7, 11) is 0. The Balaban J connectivity index is 1.66. The van der Waals surface area contributed by atoms with E-state index >= 15 is 0 Å². The summed E-state index contributed by atoms with van der Waals surface area (Å²) in [5.41, 5.74) is 3.45. The van der Waals surface area contributed by atoms with E-state index in [2.05, 4.69) is 72.5 Å². The van der Waals surface area contributed by atoms with Crippen molar-refractivity contribution in [2.45, 2.75) is 19.4 Å². The molecule has 24 heavy (non-hydrogen) atoms. The molecule has 1 aliphatic heterocycles. The van der Waals surface area contributed by atoms with E-state index in [-0.39, 0.29) is 0 Å². The average molecular weight is 382 g/mol. The van der Waals surface area contributed by atoms with Crippen molar-refractivity contribution in [3.8, 4) is 0 Å². The number of nitrogens with one attached hydrogen (secondary N) is 1. The van der Waals surface area contributed by atoms with Gasteiger partial charge in [0.05, 0.1) is 6.20 Å². The van der Waals surface area contributed by atoms with Crippen molar-refractivity contribution in [1.82, 2.24) is 15.2 Å². The molecule has 1 atom stereocenters. The zero-order chi connectivity index (χ0) is 16.5. The van der Waals surface area contributed by atoms with Gasteiger partial charge in [0, 0.05) is 21.9 Å². The Morgan fingerprint density at radius 3 is 2.92 bits per heavy atom. The first-order valence-corrected chi connectivity index (χ1v) is 8.59. The summed E-state index contributed by atoms with van der Waals surface area (Å²) in [5, 5.41) is 11.4. The molecule has 0 fully saturated rings. The van der Waals surface area contributed by atoms with Crippen LogP contribution in [0.5, 0.6) is 0 Å². The third-order valence-electron chi connectivity index (χ3n) is 4.08. The maximum absolute atomic E-state index is 4.65. The summed E-state index contributed by atoms with van der Waals surface area (Å²) < 4.78 is 0.999. The van der Waals surface area contributed by atoms with Gasteiger partial charge in [-0.3, -0.25) is 0 Å². The van der Waals surface area contributed by atoms with E-state index in [9.17, 15) is 0 Å². The zero-order valence-corrected chi connectivity index (χ0v) is 14.7. The molecule has 1 N–H and O–H groups in total. The summed E-state index contributed by atoms with van der Waals surface area (Å²) >= 11 is 3.47. The van der Waals surface area contributed by atoms with Crippen molar-refractivity contribution in [2.75, 3.05) is 10.2 Å². The number of nitrogens with zero attached hydrogens (tertiary/aromatic N) is 4. The molecular formula is C18H16BrN5. The smallest absolute Gasteiger partial charge is 0.249 e. The van der Waals surface area contributed by atoms with Crippen molar-refractivity contribution in [3.63, 3.8) is 0 Å². The van der Waals surface area contributed by atoms with Gasteiger partial charge in [-0.05, 0) is 43.2 Å². The molecule has 2 aromatic carbocycles. The summed E-state index contributed by atoms with van der Waals surface area (Å²) in [4.78, 5) is 6.87. The van der Waals surface area contributed by atoms with Crippen LogP contribution in [-0.4, -0.2) is 21.2 Å². The number of halogens is 1. The van der Waals surface area contributed by atoms with Crippen LogP contribution in [0.3, 0.4) is 0 Å². The van der Waals surface area contributed by atoms with E-state index in [4.69, 9.17) is 0 Å². The minimum atomic E-state index is 0.345. The molecule has 0 amide bonds. The number of para-hydroxylation sites is 1. The van der Waals surface area contributed by atoms with Crippen LogP contribution in [0.1, 0.15) is 12.5 Å². The minimum absolute atomic E-state index is 0.345. The van der Waals surface area contributed by atoms with Gasteiger partial charge in [0.15, 0.2) is 5.82 Å². The van der Waals surface area contributed by atoms with Gasteiger partial charge >= 0.3 is 0 Å². The Kier molecular flexibility index (Phi) is 3.90. The lowest BCUT2D eigenvalue weighted by molar-refractivity contribution is 0.745. The van der Waals surface area contributed by atoms with E-state index < -0.39 is 0 Å². The highest BCUT2D eigenvalue weighted by Crippen LogP contribution is 2.37. The second-order valence-corrected chi connectivity index (χ2v) is 6.74. The lowest BCUT2D eigenvalue weighted by Gasteiger charge is -2.23. The first kappa shape index (κ1) is 15.1. The predicted molar refractivity (Wildman–Crippen MR) is 99.0 cm³/mol. The van der Waals surface area contributed by atoms with Gasteiger partial charge in [-0.1, -0.05) is 40.2 Å². The Bertz CT molecular complexity index is 883. The summed E-state index contributed by atoms with van der Waals surface area (Å²) in [6.07, 6.45) is 2.72. The summed E-state index contributed by atoms with van der Waals surface area (Å²) in [5.74, 6) is 1.29. The molecule has 6 heteroatoms. The molecule has 0 saturated heterocycles. The molecule has 1 aliphatic rings. The molecule has 1 aromatic heterocycles. The lowest BCUT2D eigenvalue weighted by atomic mass is 10.1. The Hall–Kier alpha value is -2.47. The molecule has 2 heterocycles. The highest BCUT2D eigenvalue weighted by molar-refractivity contribution is 9.10.